The number of aryl methyl sites for hydroxylation is 3. The molecule has 3 heterocycles. The monoisotopic (exact) mass is 551 g/mol. The average Bonchev–Trinajstić information content (AvgIpc) is 3.29. The number of benzene rings is 1. The number of halogens is 3. The number of sulfonamides is 1. The Morgan fingerprint density at radius 1 is 1.18 bits per heavy atom. The molecule has 0 radical (unpaired) electrons. The molecule has 2 N–H and O–H groups in total. The topological polar surface area (TPSA) is 133 Å². The molecule has 0 saturated carbocycles. The van der Waals surface area contributed by atoms with Crippen molar-refractivity contribution in [2.24, 2.45) is 7.05 Å². The van der Waals surface area contributed by atoms with Crippen molar-refractivity contribution in [3.8, 4) is 0 Å². The van der Waals surface area contributed by atoms with Crippen LogP contribution in [0.2, 0.25) is 0 Å². The van der Waals surface area contributed by atoms with Crippen LogP contribution in [-0.2, 0) is 17.1 Å². The second-order valence-corrected chi connectivity index (χ2v) is 11.0. The van der Waals surface area contributed by atoms with Gasteiger partial charge < -0.3 is 10.7 Å². The molecule has 1 atom stereocenters. The zero-order chi connectivity index (χ0) is 27.7. The first-order chi connectivity index (χ1) is 17.9. The van der Waals surface area contributed by atoms with E-state index in [-0.39, 0.29) is 31.2 Å². The number of hydrogen-bond donors (Lipinski definition) is 2. The van der Waals surface area contributed by atoms with Crippen molar-refractivity contribution >= 4 is 27.7 Å². The lowest BCUT2D eigenvalue weighted by Crippen LogP contribution is -2.51. The van der Waals surface area contributed by atoms with E-state index in [1.807, 2.05) is 6.92 Å². The van der Waals surface area contributed by atoms with Crippen LogP contribution in [0.3, 0.4) is 0 Å². The lowest BCUT2D eigenvalue weighted by atomic mass is 9.94. The fraction of sp³-hybridized carbons (Fsp3) is 0.435. The largest absolute Gasteiger partial charge is 0.390 e. The summed E-state index contributed by atoms with van der Waals surface area (Å²) in [6, 6.07) is 4.60. The van der Waals surface area contributed by atoms with Crippen molar-refractivity contribution in [1.82, 2.24) is 34.4 Å². The first-order valence-corrected chi connectivity index (χ1v) is 13.2. The van der Waals surface area contributed by atoms with Crippen molar-refractivity contribution in [3.63, 3.8) is 0 Å². The first kappa shape index (κ1) is 27.6. The minimum Gasteiger partial charge on any atom is -0.338 e. The van der Waals surface area contributed by atoms with Gasteiger partial charge in [0, 0.05) is 56.7 Å². The molecule has 1 aliphatic heterocycles. The molecule has 0 amide bonds. The highest BCUT2D eigenvalue weighted by atomic mass is 32.2. The fourth-order valence-electron chi connectivity index (χ4n) is 4.42. The van der Waals surface area contributed by atoms with Crippen LogP contribution in [0.1, 0.15) is 34.7 Å². The standard InChI is InChI=1S/C23H28F3N9O2S/c1-15-8-21(31-28-12-15)30-19-9-16(2)18(10-17(19)11-27)20-14-35(7-6-34(20)5-4-23(24,25)26)38(36,37)22-13-29-33(3)32-22/h8-13,20,27H,4-7,14H2,1-3H3,(H,30,31). The fourth-order valence-corrected chi connectivity index (χ4v) is 5.74. The number of nitrogens with one attached hydrogen (secondary N) is 2. The van der Waals surface area contributed by atoms with Gasteiger partial charge in [0.15, 0.2) is 5.82 Å². The molecule has 1 aliphatic rings. The third-order valence-corrected chi connectivity index (χ3v) is 8.05. The van der Waals surface area contributed by atoms with Gasteiger partial charge in [0.2, 0.25) is 5.03 Å². The van der Waals surface area contributed by atoms with Crippen LogP contribution >= 0.6 is 0 Å². The minimum atomic E-state index is -4.36. The second kappa shape index (κ2) is 10.7. The Morgan fingerprint density at radius 3 is 2.58 bits per heavy atom. The van der Waals surface area contributed by atoms with Gasteiger partial charge in [-0.25, -0.2) is 8.42 Å². The average molecular weight is 552 g/mol. The lowest BCUT2D eigenvalue weighted by Gasteiger charge is -2.41. The summed E-state index contributed by atoms with van der Waals surface area (Å²) in [4.78, 5) is 2.78. The van der Waals surface area contributed by atoms with Gasteiger partial charge in [-0.3, -0.25) is 4.90 Å². The molecular formula is C23H28F3N9O2S. The van der Waals surface area contributed by atoms with Gasteiger partial charge in [0.1, 0.15) is 0 Å². The van der Waals surface area contributed by atoms with Crippen molar-refractivity contribution in [2.75, 3.05) is 31.5 Å². The predicted octanol–water partition coefficient (Wildman–Crippen LogP) is 2.96. The molecule has 0 spiro atoms. The van der Waals surface area contributed by atoms with E-state index in [0.717, 1.165) is 28.3 Å². The van der Waals surface area contributed by atoms with Crippen LogP contribution in [0.15, 0.2) is 35.6 Å². The third kappa shape index (κ3) is 6.16. The molecule has 1 saturated heterocycles. The molecule has 4 rings (SSSR count). The molecule has 38 heavy (non-hydrogen) atoms. The van der Waals surface area contributed by atoms with Crippen molar-refractivity contribution in [1.29, 1.82) is 5.41 Å². The maximum absolute atomic E-state index is 13.2. The molecule has 2 aromatic heterocycles. The summed E-state index contributed by atoms with van der Waals surface area (Å²) in [6.07, 6.45) is -1.50. The summed E-state index contributed by atoms with van der Waals surface area (Å²) in [5, 5.41) is 26.6. The van der Waals surface area contributed by atoms with Gasteiger partial charge in [-0.1, -0.05) is 0 Å². The van der Waals surface area contributed by atoms with Gasteiger partial charge >= 0.3 is 6.18 Å². The molecular weight excluding hydrogens is 523 g/mol. The minimum absolute atomic E-state index is 0.00933. The Morgan fingerprint density at radius 2 is 1.95 bits per heavy atom. The number of anilines is 2. The molecule has 0 bridgehead atoms. The van der Waals surface area contributed by atoms with Gasteiger partial charge in [0.25, 0.3) is 10.0 Å². The van der Waals surface area contributed by atoms with Crippen LogP contribution in [-0.4, -0.2) is 81.4 Å². The van der Waals surface area contributed by atoms with E-state index in [1.165, 1.54) is 11.4 Å². The highest BCUT2D eigenvalue weighted by molar-refractivity contribution is 7.89. The van der Waals surface area contributed by atoms with E-state index < -0.39 is 28.7 Å². The molecule has 1 fully saturated rings. The van der Waals surface area contributed by atoms with Crippen LogP contribution in [0.25, 0.3) is 0 Å². The quantitative estimate of drug-likeness (QED) is 0.409. The molecule has 11 nitrogen and oxygen atoms in total. The zero-order valence-electron chi connectivity index (χ0n) is 21.1. The summed E-state index contributed by atoms with van der Waals surface area (Å²) in [6.45, 7) is 3.41. The van der Waals surface area contributed by atoms with Crippen LogP contribution in [0, 0.1) is 19.3 Å². The van der Waals surface area contributed by atoms with Gasteiger partial charge in [0.05, 0.1) is 18.8 Å². The molecule has 15 heteroatoms. The zero-order valence-corrected chi connectivity index (χ0v) is 21.9. The SMILES string of the molecule is Cc1cnnc(Nc2cc(C)c(C3CN(S(=O)(=O)c4cnn(C)n4)CCN3CCC(F)(F)F)cc2C=N)c1. The Hall–Kier alpha value is -3.43. The predicted molar refractivity (Wildman–Crippen MR) is 134 cm³/mol. The summed E-state index contributed by atoms with van der Waals surface area (Å²) in [5.41, 5.74) is 3.28. The summed E-state index contributed by atoms with van der Waals surface area (Å²) < 4.78 is 67.1. The maximum Gasteiger partial charge on any atom is 0.390 e. The van der Waals surface area contributed by atoms with Crippen LogP contribution in [0.4, 0.5) is 24.7 Å². The third-order valence-electron chi connectivity index (χ3n) is 6.33. The Bertz CT molecular complexity index is 1430. The van der Waals surface area contributed by atoms with E-state index in [0.29, 0.717) is 22.6 Å². The lowest BCUT2D eigenvalue weighted by molar-refractivity contribution is -0.140. The molecule has 1 unspecified atom stereocenters. The Kier molecular flexibility index (Phi) is 7.80. The molecule has 3 aromatic rings. The van der Waals surface area contributed by atoms with E-state index >= 15 is 0 Å². The Labute approximate surface area is 218 Å². The number of alkyl halides is 3. The molecule has 1 aromatic carbocycles. The summed E-state index contributed by atoms with van der Waals surface area (Å²) in [5.74, 6) is 0.478. The van der Waals surface area contributed by atoms with E-state index in [2.05, 4.69) is 25.7 Å². The van der Waals surface area contributed by atoms with Crippen molar-refractivity contribution in [3.05, 3.63) is 52.8 Å². The van der Waals surface area contributed by atoms with Gasteiger partial charge in [-0.2, -0.15) is 32.5 Å². The number of piperazine rings is 1. The van der Waals surface area contributed by atoms with E-state index in [1.54, 1.807) is 36.2 Å². The highest BCUT2D eigenvalue weighted by Gasteiger charge is 2.38. The summed E-state index contributed by atoms with van der Waals surface area (Å²) >= 11 is 0. The number of rotatable bonds is 8. The number of nitrogens with zero attached hydrogens (tertiary/aromatic N) is 7. The number of hydrogen-bond acceptors (Lipinski definition) is 9. The molecule has 0 aliphatic carbocycles. The van der Waals surface area contributed by atoms with Crippen LogP contribution in [0.5, 0.6) is 0 Å². The summed E-state index contributed by atoms with van der Waals surface area (Å²) in [7, 11) is -2.52. The van der Waals surface area contributed by atoms with Crippen molar-refractivity contribution in [2.45, 2.75) is 37.5 Å². The smallest absolute Gasteiger partial charge is 0.338 e. The van der Waals surface area contributed by atoms with Gasteiger partial charge in [-0.15, -0.1) is 10.2 Å². The van der Waals surface area contributed by atoms with Gasteiger partial charge in [-0.05, 0) is 48.7 Å². The first-order valence-electron chi connectivity index (χ1n) is 11.8. The van der Waals surface area contributed by atoms with E-state index in [4.69, 9.17) is 5.41 Å². The second-order valence-electron chi connectivity index (χ2n) is 9.14. The van der Waals surface area contributed by atoms with Crippen molar-refractivity contribution < 1.29 is 21.6 Å². The van der Waals surface area contributed by atoms with E-state index in [9.17, 15) is 21.6 Å². The normalized spacial score (nSPS) is 17.5. The number of aromatic nitrogens is 5. The highest BCUT2D eigenvalue weighted by Crippen LogP contribution is 2.34. The van der Waals surface area contributed by atoms with Crippen LogP contribution < -0.4 is 5.32 Å². The molecule has 204 valence electrons. The Balaban J connectivity index is 1.70. The maximum atomic E-state index is 13.2.